The summed E-state index contributed by atoms with van der Waals surface area (Å²) in [6.45, 7) is 2.98. The molecule has 2 fully saturated rings. The number of halogens is 3. The van der Waals surface area contributed by atoms with Gasteiger partial charge in [-0.2, -0.15) is 13.2 Å². The molecule has 1 aromatic carbocycles. The Balaban J connectivity index is 1.49. The zero-order valence-corrected chi connectivity index (χ0v) is 20.4. The maximum atomic E-state index is 13.7. The van der Waals surface area contributed by atoms with Gasteiger partial charge >= 0.3 is 6.18 Å². The van der Waals surface area contributed by atoms with E-state index in [-0.39, 0.29) is 41.7 Å². The average Bonchev–Trinajstić information content (AvgIpc) is 3.31. The second-order valence-electron chi connectivity index (χ2n) is 9.47. The van der Waals surface area contributed by atoms with Crippen molar-refractivity contribution in [2.45, 2.75) is 31.9 Å². The maximum absolute atomic E-state index is 13.7. The molecule has 36 heavy (non-hydrogen) atoms. The average molecular weight is 505 g/mol. The van der Waals surface area contributed by atoms with E-state index in [4.69, 9.17) is 0 Å². The molecule has 0 bridgehead atoms. The van der Waals surface area contributed by atoms with E-state index in [1.807, 2.05) is 11.9 Å². The van der Waals surface area contributed by atoms with Crippen LogP contribution in [0.25, 0.3) is 0 Å². The van der Waals surface area contributed by atoms with E-state index in [0.29, 0.717) is 37.2 Å². The minimum Gasteiger partial charge on any atom is -0.359 e. The zero-order chi connectivity index (χ0) is 25.9. The first-order chi connectivity index (χ1) is 17.2. The molecule has 11 heteroatoms. The molecule has 1 aromatic heterocycles. The van der Waals surface area contributed by atoms with Crippen molar-refractivity contribution in [3.8, 4) is 0 Å². The van der Waals surface area contributed by atoms with Crippen molar-refractivity contribution in [2.75, 3.05) is 45.6 Å². The third-order valence-electron chi connectivity index (χ3n) is 7.05. The van der Waals surface area contributed by atoms with Gasteiger partial charge in [-0.25, -0.2) is 9.97 Å². The van der Waals surface area contributed by atoms with Gasteiger partial charge in [-0.15, -0.1) is 0 Å². The van der Waals surface area contributed by atoms with Gasteiger partial charge in [-0.1, -0.05) is 6.42 Å². The summed E-state index contributed by atoms with van der Waals surface area (Å²) < 4.78 is 41.0. The number of hydrogen-bond donors (Lipinski definition) is 2. The molecule has 2 aromatic rings. The molecule has 2 aliphatic rings. The molecular weight excluding hydrogens is 473 g/mol. The maximum Gasteiger partial charge on any atom is 0.419 e. The molecule has 1 aliphatic carbocycles. The minimum atomic E-state index is -4.60. The lowest BCUT2D eigenvalue weighted by molar-refractivity contribution is -0.138. The van der Waals surface area contributed by atoms with E-state index < -0.39 is 11.7 Å². The number of carbonyl (C=O) groups is 2. The van der Waals surface area contributed by atoms with Crippen molar-refractivity contribution in [1.82, 2.24) is 25.1 Å². The number of nitrogens with one attached hydrogen (secondary N) is 2. The van der Waals surface area contributed by atoms with Crippen molar-refractivity contribution < 1.29 is 22.8 Å². The number of nitrogens with zero attached hydrogens (tertiary/aromatic N) is 4. The van der Waals surface area contributed by atoms with Gasteiger partial charge in [0.05, 0.1) is 11.3 Å². The van der Waals surface area contributed by atoms with E-state index in [1.165, 1.54) is 7.05 Å². The van der Waals surface area contributed by atoms with Gasteiger partial charge in [-0.05, 0) is 56.5 Å². The molecular formula is C25H31F3N6O2. The molecule has 194 valence electrons. The van der Waals surface area contributed by atoms with Gasteiger partial charge in [0.15, 0.2) is 0 Å². The second-order valence-corrected chi connectivity index (χ2v) is 9.47. The Bertz CT molecular complexity index is 1080. The van der Waals surface area contributed by atoms with Gasteiger partial charge in [0.2, 0.25) is 11.9 Å². The Hall–Kier alpha value is -3.21. The summed E-state index contributed by atoms with van der Waals surface area (Å²) in [5.41, 5.74) is 0.0896. The molecule has 1 aliphatic heterocycles. The number of benzene rings is 1. The number of anilines is 2. The van der Waals surface area contributed by atoms with E-state index >= 15 is 0 Å². The van der Waals surface area contributed by atoms with Crippen molar-refractivity contribution in [1.29, 1.82) is 0 Å². The highest BCUT2D eigenvalue weighted by Crippen LogP contribution is 2.38. The number of alkyl halides is 3. The molecule has 4 rings (SSSR count). The molecule has 0 unspecified atom stereocenters. The van der Waals surface area contributed by atoms with Crippen LogP contribution in [0.3, 0.4) is 0 Å². The highest BCUT2D eigenvalue weighted by Gasteiger charge is 2.38. The standard InChI is InChI=1S/C25H31F3N6O2/c1-29-22(35)19-5-3-4-17(19)14-21-20(25(26,27)28)15-30-24(32-21)31-18-8-6-16(7-9-18)23(36)34-12-10-33(2)11-13-34/h6-9,15,17,19H,3-5,10-14H2,1-2H3,(H,29,35)(H,30,31,32)/t17-,19-/m0/s1. The fraction of sp³-hybridized carbons (Fsp3) is 0.520. The molecule has 8 nitrogen and oxygen atoms in total. The van der Waals surface area contributed by atoms with Crippen LogP contribution in [0.4, 0.5) is 24.8 Å². The molecule has 2 heterocycles. The molecule has 1 saturated heterocycles. The SMILES string of the molecule is CNC(=O)[C@H]1CCC[C@H]1Cc1nc(Nc2ccc(C(=O)N3CCN(C)CC3)cc2)ncc1C(F)(F)F. The number of piperazine rings is 1. The Kier molecular flexibility index (Phi) is 7.77. The fourth-order valence-electron chi connectivity index (χ4n) is 4.95. The number of carbonyl (C=O) groups excluding carboxylic acids is 2. The Morgan fingerprint density at radius 3 is 2.42 bits per heavy atom. The van der Waals surface area contributed by atoms with Crippen LogP contribution in [-0.4, -0.2) is 71.9 Å². The largest absolute Gasteiger partial charge is 0.419 e. The first-order valence-electron chi connectivity index (χ1n) is 12.2. The summed E-state index contributed by atoms with van der Waals surface area (Å²) in [4.78, 5) is 37.0. The van der Waals surface area contributed by atoms with E-state index in [1.54, 1.807) is 24.3 Å². The summed E-state index contributed by atoms with van der Waals surface area (Å²) in [5.74, 6) is -0.707. The quantitative estimate of drug-likeness (QED) is 0.627. The van der Waals surface area contributed by atoms with Crippen molar-refractivity contribution >= 4 is 23.5 Å². The molecule has 0 radical (unpaired) electrons. The first-order valence-corrected chi connectivity index (χ1v) is 12.2. The lowest BCUT2D eigenvalue weighted by atomic mass is 9.89. The first kappa shape index (κ1) is 25.9. The van der Waals surface area contributed by atoms with Crippen molar-refractivity contribution in [3.05, 3.63) is 47.3 Å². The van der Waals surface area contributed by atoms with Gasteiger partial charge in [0.25, 0.3) is 5.91 Å². The Morgan fingerprint density at radius 1 is 1.08 bits per heavy atom. The summed E-state index contributed by atoms with van der Waals surface area (Å²) in [6.07, 6.45) is -1.64. The van der Waals surface area contributed by atoms with Gasteiger partial charge in [-0.3, -0.25) is 9.59 Å². The van der Waals surface area contributed by atoms with Crippen LogP contribution < -0.4 is 10.6 Å². The predicted octanol–water partition coefficient (Wildman–Crippen LogP) is 3.33. The molecule has 1 saturated carbocycles. The summed E-state index contributed by atoms with van der Waals surface area (Å²) in [5, 5.41) is 5.56. The Morgan fingerprint density at radius 2 is 1.78 bits per heavy atom. The van der Waals surface area contributed by atoms with Crippen LogP contribution in [0, 0.1) is 11.8 Å². The minimum absolute atomic E-state index is 0.0330. The smallest absolute Gasteiger partial charge is 0.359 e. The van der Waals surface area contributed by atoms with E-state index in [9.17, 15) is 22.8 Å². The molecule has 2 atom stereocenters. The second kappa shape index (κ2) is 10.8. The zero-order valence-electron chi connectivity index (χ0n) is 20.4. The summed E-state index contributed by atoms with van der Waals surface area (Å²) in [6, 6.07) is 6.73. The summed E-state index contributed by atoms with van der Waals surface area (Å²) in [7, 11) is 3.56. The van der Waals surface area contributed by atoms with E-state index in [0.717, 1.165) is 25.7 Å². The van der Waals surface area contributed by atoms with Crippen molar-refractivity contribution in [2.24, 2.45) is 11.8 Å². The van der Waals surface area contributed by atoms with Gasteiger partial charge < -0.3 is 20.4 Å². The fourth-order valence-corrected chi connectivity index (χ4v) is 4.95. The topological polar surface area (TPSA) is 90.5 Å². The highest BCUT2D eigenvalue weighted by atomic mass is 19.4. The lowest BCUT2D eigenvalue weighted by Gasteiger charge is -2.32. The molecule has 0 spiro atoms. The summed E-state index contributed by atoms with van der Waals surface area (Å²) >= 11 is 0. The number of aromatic nitrogens is 2. The molecule has 2 N–H and O–H groups in total. The predicted molar refractivity (Wildman–Crippen MR) is 129 cm³/mol. The van der Waals surface area contributed by atoms with Crippen LogP contribution in [-0.2, 0) is 17.4 Å². The third kappa shape index (κ3) is 5.95. The van der Waals surface area contributed by atoms with Crippen LogP contribution in [0.15, 0.2) is 30.5 Å². The number of hydrogen-bond acceptors (Lipinski definition) is 6. The molecule has 2 amide bonds. The number of rotatable bonds is 6. The number of amides is 2. The van der Waals surface area contributed by atoms with Crippen LogP contribution in [0.5, 0.6) is 0 Å². The normalized spacial score (nSPS) is 20.9. The third-order valence-corrected chi connectivity index (χ3v) is 7.05. The van der Waals surface area contributed by atoms with Crippen LogP contribution in [0.2, 0.25) is 0 Å². The number of likely N-dealkylation sites (N-methyl/N-ethyl adjacent to an activating group) is 1. The lowest BCUT2D eigenvalue weighted by Crippen LogP contribution is -2.47. The van der Waals surface area contributed by atoms with Crippen LogP contribution in [0.1, 0.15) is 40.9 Å². The van der Waals surface area contributed by atoms with Gasteiger partial charge in [0.1, 0.15) is 0 Å². The monoisotopic (exact) mass is 504 g/mol. The van der Waals surface area contributed by atoms with E-state index in [2.05, 4.69) is 25.5 Å². The Labute approximate surface area is 208 Å². The van der Waals surface area contributed by atoms with Gasteiger partial charge in [0, 0.05) is 56.6 Å². The highest BCUT2D eigenvalue weighted by molar-refractivity contribution is 5.94. The van der Waals surface area contributed by atoms with Crippen molar-refractivity contribution in [3.63, 3.8) is 0 Å². The van der Waals surface area contributed by atoms with Crippen LogP contribution >= 0.6 is 0 Å².